The Labute approximate surface area is 125 Å². The molecular weight excluding hydrogens is 269 g/mol. The van der Waals surface area contributed by atoms with Crippen molar-refractivity contribution in [1.29, 1.82) is 0 Å². The lowest BCUT2D eigenvalue weighted by Gasteiger charge is -2.32. The van der Waals surface area contributed by atoms with E-state index in [1.54, 1.807) is 0 Å². The fourth-order valence-corrected chi connectivity index (χ4v) is 3.21. The normalized spacial score (nSPS) is 24.0. The zero-order valence-corrected chi connectivity index (χ0v) is 12.9. The molecule has 116 valence electrons. The molecule has 0 radical (unpaired) electrons. The summed E-state index contributed by atoms with van der Waals surface area (Å²) in [6.07, 6.45) is 3.31. The van der Waals surface area contributed by atoms with Crippen LogP contribution in [0.2, 0.25) is 0 Å². The van der Waals surface area contributed by atoms with E-state index in [2.05, 4.69) is 24.1 Å². The molecule has 1 aromatic carbocycles. The van der Waals surface area contributed by atoms with Crippen LogP contribution in [0, 0.1) is 5.82 Å². The third-order valence-corrected chi connectivity index (χ3v) is 4.41. The second kappa shape index (κ2) is 6.43. The number of benzene rings is 1. The molecule has 2 rings (SSSR count). The van der Waals surface area contributed by atoms with Gasteiger partial charge in [0.05, 0.1) is 11.7 Å². The van der Waals surface area contributed by atoms with Gasteiger partial charge in [-0.25, -0.2) is 4.39 Å². The Hall–Kier alpha value is -1.62. The average molecular weight is 293 g/mol. The molecule has 1 aromatic rings. The highest BCUT2D eigenvalue weighted by Crippen LogP contribution is 2.28. The summed E-state index contributed by atoms with van der Waals surface area (Å²) in [6.45, 7) is 6.24. The molecule has 0 aromatic heterocycles. The number of hydrogen-bond donors (Lipinski definition) is 2. The number of halogens is 1. The number of likely N-dealkylation sites (tertiary alicyclic amines) is 1. The van der Waals surface area contributed by atoms with Crippen LogP contribution < -0.4 is 11.1 Å². The van der Waals surface area contributed by atoms with Crippen molar-refractivity contribution in [3.05, 3.63) is 24.0 Å². The van der Waals surface area contributed by atoms with Crippen molar-refractivity contribution in [2.75, 3.05) is 11.1 Å². The number of hydrogen-bond acceptors (Lipinski definition) is 3. The van der Waals surface area contributed by atoms with Gasteiger partial charge in [0, 0.05) is 17.8 Å². The molecule has 0 aliphatic carbocycles. The summed E-state index contributed by atoms with van der Waals surface area (Å²) in [7, 11) is 0. The first-order valence-electron chi connectivity index (χ1n) is 7.57. The molecule has 0 bridgehead atoms. The van der Waals surface area contributed by atoms with E-state index in [-0.39, 0.29) is 17.6 Å². The molecular formula is C16H24FN3O. The molecule has 4 nitrogen and oxygen atoms in total. The Kier molecular flexibility index (Phi) is 4.83. The fourth-order valence-electron chi connectivity index (χ4n) is 3.21. The molecule has 3 N–H and O–H groups in total. The molecule has 1 fully saturated rings. The summed E-state index contributed by atoms with van der Waals surface area (Å²) in [5.41, 5.74) is 6.10. The van der Waals surface area contributed by atoms with Gasteiger partial charge < -0.3 is 11.1 Å². The van der Waals surface area contributed by atoms with Crippen LogP contribution in [-0.4, -0.2) is 28.9 Å². The molecule has 1 aliphatic heterocycles. The Bertz CT molecular complexity index is 520. The van der Waals surface area contributed by atoms with Gasteiger partial charge in [0.25, 0.3) is 0 Å². The number of nitrogen functional groups attached to an aromatic ring is 1. The van der Waals surface area contributed by atoms with Gasteiger partial charge in [0.2, 0.25) is 5.91 Å². The van der Waals surface area contributed by atoms with Crippen molar-refractivity contribution in [2.24, 2.45) is 0 Å². The first kappa shape index (κ1) is 15.8. The SMILES string of the molecule is CCC1CCC(C)N1C(C)C(=O)Nc1ccc(F)c(N)c1. The molecule has 0 saturated carbocycles. The zero-order valence-electron chi connectivity index (χ0n) is 12.9. The molecule has 0 spiro atoms. The van der Waals surface area contributed by atoms with Crippen molar-refractivity contribution in [3.63, 3.8) is 0 Å². The number of carbonyl (C=O) groups is 1. The van der Waals surface area contributed by atoms with Gasteiger partial charge in [-0.2, -0.15) is 0 Å². The summed E-state index contributed by atoms with van der Waals surface area (Å²) >= 11 is 0. The van der Waals surface area contributed by atoms with E-state index >= 15 is 0 Å². The number of rotatable bonds is 4. The Morgan fingerprint density at radius 1 is 1.52 bits per heavy atom. The second-order valence-electron chi connectivity index (χ2n) is 5.84. The largest absolute Gasteiger partial charge is 0.396 e. The standard InChI is InChI=1S/C16H24FN3O/c1-4-13-7-5-10(2)20(13)11(3)16(21)19-12-6-8-14(17)15(18)9-12/h6,8-11,13H,4-5,7,18H2,1-3H3,(H,19,21). The third kappa shape index (κ3) is 3.35. The summed E-state index contributed by atoms with van der Waals surface area (Å²) in [5, 5.41) is 2.82. The van der Waals surface area contributed by atoms with Crippen molar-refractivity contribution in [2.45, 2.75) is 58.2 Å². The first-order chi connectivity index (χ1) is 9.93. The average Bonchev–Trinajstić information content (AvgIpc) is 2.83. The number of nitrogens with two attached hydrogens (primary N) is 1. The molecule has 5 heteroatoms. The Morgan fingerprint density at radius 2 is 2.24 bits per heavy atom. The highest BCUT2D eigenvalue weighted by atomic mass is 19.1. The first-order valence-corrected chi connectivity index (χ1v) is 7.57. The van der Waals surface area contributed by atoms with Crippen LogP contribution in [0.3, 0.4) is 0 Å². The van der Waals surface area contributed by atoms with Crippen LogP contribution in [0.5, 0.6) is 0 Å². The minimum absolute atomic E-state index is 0.0430. The quantitative estimate of drug-likeness (QED) is 0.839. The number of nitrogens with one attached hydrogen (secondary N) is 1. The maximum absolute atomic E-state index is 13.1. The minimum atomic E-state index is -0.472. The highest BCUT2D eigenvalue weighted by molar-refractivity contribution is 5.95. The van der Waals surface area contributed by atoms with E-state index in [1.165, 1.54) is 18.2 Å². The van der Waals surface area contributed by atoms with Gasteiger partial charge in [0.1, 0.15) is 5.82 Å². The van der Waals surface area contributed by atoms with Gasteiger partial charge in [-0.15, -0.1) is 0 Å². The van der Waals surface area contributed by atoms with Crippen LogP contribution in [0.1, 0.15) is 40.0 Å². The minimum Gasteiger partial charge on any atom is -0.396 e. The maximum Gasteiger partial charge on any atom is 0.241 e. The van der Waals surface area contributed by atoms with Gasteiger partial charge in [-0.3, -0.25) is 9.69 Å². The van der Waals surface area contributed by atoms with Crippen molar-refractivity contribution < 1.29 is 9.18 Å². The van der Waals surface area contributed by atoms with E-state index in [9.17, 15) is 9.18 Å². The van der Waals surface area contributed by atoms with Gasteiger partial charge in [0.15, 0.2) is 0 Å². The van der Waals surface area contributed by atoms with Crippen LogP contribution in [0.15, 0.2) is 18.2 Å². The molecule has 1 amide bonds. The molecule has 1 saturated heterocycles. The smallest absolute Gasteiger partial charge is 0.241 e. The monoisotopic (exact) mass is 293 g/mol. The van der Waals surface area contributed by atoms with E-state index in [1.807, 2.05) is 6.92 Å². The molecule has 3 unspecified atom stereocenters. The highest BCUT2D eigenvalue weighted by Gasteiger charge is 2.35. The summed E-state index contributed by atoms with van der Waals surface area (Å²) in [4.78, 5) is 14.7. The number of nitrogens with zero attached hydrogens (tertiary/aromatic N) is 1. The van der Waals surface area contributed by atoms with E-state index in [0.29, 0.717) is 17.8 Å². The molecule has 1 heterocycles. The van der Waals surface area contributed by atoms with Crippen LogP contribution >= 0.6 is 0 Å². The Morgan fingerprint density at radius 3 is 2.86 bits per heavy atom. The summed E-state index contributed by atoms with van der Waals surface area (Å²) in [6, 6.07) is 4.90. The number of amides is 1. The molecule has 3 atom stereocenters. The predicted molar refractivity (Wildman–Crippen MR) is 83.5 cm³/mol. The lowest BCUT2D eigenvalue weighted by atomic mass is 10.1. The Balaban J connectivity index is 2.06. The third-order valence-electron chi connectivity index (χ3n) is 4.41. The van der Waals surface area contributed by atoms with Crippen molar-refractivity contribution >= 4 is 17.3 Å². The van der Waals surface area contributed by atoms with Crippen molar-refractivity contribution in [1.82, 2.24) is 4.90 Å². The van der Waals surface area contributed by atoms with Gasteiger partial charge in [-0.1, -0.05) is 6.92 Å². The number of carbonyl (C=O) groups excluding carboxylic acids is 1. The topological polar surface area (TPSA) is 58.4 Å². The summed E-state index contributed by atoms with van der Waals surface area (Å²) in [5.74, 6) is -0.548. The second-order valence-corrected chi connectivity index (χ2v) is 5.84. The van der Waals surface area contributed by atoms with Gasteiger partial charge in [-0.05, 0) is 51.3 Å². The lowest BCUT2D eigenvalue weighted by molar-refractivity contribution is -0.121. The van der Waals surface area contributed by atoms with E-state index in [4.69, 9.17) is 5.73 Å². The maximum atomic E-state index is 13.1. The molecule has 1 aliphatic rings. The lowest BCUT2D eigenvalue weighted by Crippen LogP contribution is -2.47. The van der Waals surface area contributed by atoms with E-state index < -0.39 is 5.82 Å². The van der Waals surface area contributed by atoms with E-state index in [0.717, 1.165) is 19.3 Å². The number of anilines is 2. The summed E-state index contributed by atoms with van der Waals surface area (Å²) < 4.78 is 13.1. The van der Waals surface area contributed by atoms with Crippen LogP contribution in [0.25, 0.3) is 0 Å². The van der Waals surface area contributed by atoms with Gasteiger partial charge >= 0.3 is 0 Å². The van der Waals surface area contributed by atoms with Crippen LogP contribution in [-0.2, 0) is 4.79 Å². The zero-order chi connectivity index (χ0) is 15.6. The van der Waals surface area contributed by atoms with Crippen LogP contribution in [0.4, 0.5) is 15.8 Å². The van der Waals surface area contributed by atoms with Crippen molar-refractivity contribution in [3.8, 4) is 0 Å². The molecule has 21 heavy (non-hydrogen) atoms. The fraction of sp³-hybridized carbons (Fsp3) is 0.562. The predicted octanol–water partition coefficient (Wildman–Crippen LogP) is 3.00.